The Morgan fingerprint density at radius 3 is 2.27 bits per heavy atom. The van der Waals surface area contributed by atoms with Gasteiger partial charge in [-0.15, -0.1) is 0 Å². The van der Waals surface area contributed by atoms with Crippen molar-refractivity contribution in [3.8, 4) is 5.75 Å². The molecule has 1 heterocycles. The second-order valence-corrected chi connectivity index (χ2v) is 13.9. The van der Waals surface area contributed by atoms with Gasteiger partial charge in [0.15, 0.2) is 5.78 Å². The van der Waals surface area contributed by atoms with Crippen molar-refractivity contribution in [3.63, 3.8) is 0 Å². The van der Waals surface area contributed by atoms with Crippen molar-refractivity contribution in [2.45, 2.75) is 64.2 Å². The Balaban J connectivity index is 1.70. The number of benzene rings is 2. The standard InChI is InChI=1S/C29H30ClNO5S/c1-28(2)13-20-26(22(32)15-28)25(27-21(31-20)14-29(3,4)16-23(27)33)19-12-17(30)10-11-24(19)36-37(34,35)18-8-6-5-7-9-18/h5-12,25-26H,13-16H2,1-4H3/t25-,26?/m0/s1. The summed E-state index contributed by atoms with van der Waals surface area (Å²) in [5.74, 6) is -1.41. The summed E-state index contributed by atoms with van der Waals surface area (Å²) in [4.78, 5) is 32.2. The van der Waals surface area contributed by atoms with Gasteiger partial charge in [-0.3, -0.25) is 14.6 Å². The summed E-state index contributed by atoms with van der Waals surface area (Å²) in [6.07, 6.45) is 1.87. The minimum atomic E-state index is -4.17. The van der Waals surface area contributed by atoms with Crippen LogP contribution in [0.4, 0.5) is 0 Å². The minimum absolute atomic E-state index is 0.00712. The van der Waals surface area contributed by atoms with Crippen molar-refractivity contribution >= 4 is 39.0 Å². The summed E-state index contributed by atoms with van der Waals surface area (Å²) in [5.41, 5.74) is 1.79. The van der Waals surface area contributed by atoms with Gasteiger partial charge in [0.2, 0.25) is 0 Å². The van der Waals surface area contributed by atoms with Crippen molar-refractivity contribution in [1.29, 1.82) is 0 Å². The van der Waals surface area contributed by atoms with E-state index in [1.165, 1.54) is 18.2 Å². The number of Topliss-reactive ketones (excluding diaryl/α,β-unsaturated/α-hetero) is 2. The smallest absolute Gasteiger partial charge is 0.339 e. The van der Waals surface area contributed by atoms with Crippen LogP contribution in [0.5, 0.6) is 5.75 Å². The van der Waals surface area contributed by atoms with E-state index in [0.717, 1.165) is 5.71 Å². The number of hydrogen-bond donors (Lipinski definition) is 0. The number of hydrogen-bond acceptors (Lipinski definition) is 6. The molecule has 0 bridgehead atoms. The number of rotatable bonds is 4. The molecule has 3 aliphatic rings. The molecule has 2 aromatic rings. The summed E-state index contributed by atoms with van der Waals surface area (Å²) >= 11 is 6.42. The van der Waals surface area contributed by atoms with Gasteiger partial charge in [0.1, 0.15) is 16.4 Å². The van der Waals surface area contributed by atoms with E-state index < -0.39 is 22.0 Å². The highest BCUT2D eigenvalue weighted by molar-refractivity contribution is 7.87. The SMILES string of the molecule is CC1(C)CC(=O)C2C(=NC3=C(C(=O)CC(C)(C)C3)[C@H]2c2cc(Cl)ccc2OS(=O)(=O)c2ccccc2)C1. The molecule has 0 amide bonds. The van der Waals surface area contributed by atoms with Gasteiger partial charge in [0, 0.05) is 46.3 Å². The third-order valence-electron chi connectivity index (χ3n) is 7.38. The number of ketones is 2. The maximum atomic E-state index is 13.6. The molecule has 0 aromatic heterocycles. The first-order valence-electron chi connectivity index (χ1n) is 12.4. The van der Waals surface area contributed by atoms with Crippen LogP contribution < -0.4 is 4.18 Å². The van der Waals surface area contributed by atoms with Crippen molar-refractivity contribution in [3.05, 3.63) is 70.4 Å². The first-order chi connectivity index (χ1) is 17.3. The maximum absolute atomic E-state index is 13.6. The van der Waals surface area contributed by atoms with Crippen LogP contribution in [0, 0.1) is 16.7 Å². The van der Waals surface area contributed by atoms with Gasteiger partial charge >= 0.3 is 10.1 Å². The van der Waals surface area contributed by atoms with Crippen LogP contribution >= 0.6 is 11.6 Å². The second kappa shape index (κ2) is 8.91. The van der Waals surface area contributed by atoms with Gasteiger partial charge in [0.05, 0.1) is 5.92 Å². The Hall–Kier alpha value is -2.77. The van der Waals surface area contributed by atoms with Gasteiger partial charge in [-0.25, -0.2) is 0 Å². The van der Waals surface area contributed by atoms with Crippen LogP contribution in [-0.2, 0) is 19.7 Å². The molecule has 194 valence electrons. The largest absolute Gasteiger partial charge is 0.379 e. The maximum Gasteiger partial charge on any atom is 0.339 e. The van der Waals surface area contributed by atoms with Gasteiger partial charge in [-0.2, -0.15) is 8.42 Å². The lowest BCUT2D eigenvalue weighted by atomic mass is 9.60. The third-order valence-corrected chi connectivity index (χ3v) is 8.86. The minimum Gasteiger partial charge on any atom is -0.379 e. The second-order valence-electron chi connectivity index (χ2n) is 11.9. The number of fused-ring (bicyclic) bond motifs is 1. The van der Waals surface area contributed by atoms with E-state index in [9.17, 15) is 18.0 Å². The fraction of sp³-hybridized carbons (Fsp3) is 0.414. The monoisotopic (exact) mass is 539 g/mol. The normalized spacial score (nSPS) is 24.7. The van der Waals surface area contributed by atoms with E-state index in [1.807, 2.05) is 27.7 Å². The number of allylic oxidation sites excluding steroid dienone is 2. The fourth-order valence-electron chi connectivity index (χ4n) is 5.94. The number of halogens is 1. The molecule has 2 atom stereocenters. The fourth-order valence-corrected chi connectivity index (χ4v) is 7.09. The number of carbonyl (C=O) groups is 2. The topological polar surface area (TPSA) is 89.9 Å². The summed E-state index contributed by atoms with van der Waals surface area (Å²) in [6, 6.07) is 12.5. The van der Waals surface area contributed by atoms with Crippen molar-refractivity contribution in [2.75, 3.05) is 0 Å². The number of carbonyl (C=O) groups excluding carboxylic acids is 2. The Morgan fingerprint density at radius 1 is 0.892 bits per heavy atom. The molecule has 2 aliphatic carbocycles. The first-order valence-corrected chi connectivity index (χ1v) is 14.2. The Labute approximate surface area is 222 Å². The molecule has 8 heteroatoms. The Morgan fingerprint density at radius 2 is 1.57 bits per heavy atom. The Kier molecular flexibility index (Phi) is 6.23. The van der Waals surface area contributed by atoms with Gasteiger partial charge in [0.25, 0.3) is 0 Å². The predicted octanol–water partition coefficient (Wildman–Crippen LogP) is 6.29. The summed E-state index contributed by atoms with van der Waals surface area (Å²) in [7, 11) is -4.17. The van der Waals surface area contributed by atoms with Crippen LogP contribution in [0.3, 0.4) is 0 Å². The van der Waals surface area contributed by atoms with Crippen LogP contribution in [0.25, 0.3) is 0 Å². The van der Waals surface area contributed by atoms with Gasteiger partial charge in [-0.1, -0.05) is 57.5 Å². The zero-order valence-electron chi connectivity index (χ0n) is 21.4. The molecule has 0 saturated heterocycles. The predicted molar refractivity (Wildman–Crippen MR) is 142 cm³/mol. The molecular formula is C29H30ClNO5S. The quantitative estimate of drug-likeness (QED) is 0.426. The molecule has 1 saturated carbocycles. The van der Waals surface area contributed by atoms with Crippen LogP contribution in [0.15, 0.2) is 69.7 Å². The average Bonchev–Trinajstić information content (AvgIpc) is 2.77. The van der Waals surface area contributed by atoms with E-state index in [-0.39, 0.29) is 33.0 Å². The van der Waals surface area contributed by atoms with Crippen molar-refractivity contribution in [1.82, 2.24) is 0 Å². The highest BCUT2D eigenvalue weighted by atomic mass is 35.5. The number of nitrogens with zero attached hydrogens (tertiary/aromatic N) is 1. The van der Waals surface area contributed by atoms with Gasteiger partial charge in [-0.05, 0) is 54.0 Å². The zero-order chi connectivity index (χ0) is 26.8. The van der Waals surface area contributed by atoms with Gasteiger partial charge < -0.3 is 4.18 Å². The van der Waals surface area contributed by atoms with Crippen molar-refractivity contribution < 1.29 is 22.2 Å². The lowest BCUT2D eigenvalue weighted by molar-refractivity contribution is -0.124. The molecule has 0 spiro atoms. The van der Waals surface area contributed by atoms with E-state index in [2.05, 4.69) is 0 Å². The highest BCUT2D eigenvalue weighted by Crippen LogP contribution is 2.53. The van der Waals surface area contributed by atoms with E-state index >= 15 is 0 Å². The molecule has 1 unspecified atom stereocenters. The highest BCUT2D eigenvalue weighted by Gasteiger charge is 2.50. The molecular weight excluding hydrogens is 510 g/mol. The van der Waals surface area contributed by atoms with Crippen molar-refractivity contribution in [2.24, 2.45) is 21.7 Å². The molecule has 37 heavy (non-hydrogen) atoms. The van der Waals surface area contributed by atoms with Crippen LogP contribution in [-0.4, -0.2) is 25.7 Å². The summed E-state index contributed by atoms with van der Waals surface area (Å²) < 4.78 is 32.0. The Bertz CT molecular complexity index is 1470. The lowest BCUT2D eigenvalue weighted by Crippen LogP contribution is -2.45. The van der Waals surface area contributed by atoms with E-state index in [4.69, 9.17) is 20.8 Å². The average molecular weight is 540 g/mol. The number of aliphatic imine (C=N–C) groups is 1. The molecule has 0 N–H and O–H groups in total. The lowest BCUT2D eigenvalue weighted by Gasteiger charge is -2.44. The molecule has 1 fully saturated rings. The molecule has 2 aromatic carbocycles. The molecule has 6 nitrogen and oxygen atoms in total. The zero-order valence-corrected chi connectivity index (χ0v) is 22.9. The van der Waals surface area contributed by atoms with Crippen LogP contribution in [0.2, 0.25) is 5.02 Å². The molecule has 5 rings (SSSR count). The van der Waals surface area contributed by atoms with Crippen LogP contribution in [0.1, 0.15) is 64.9 Å². The van der Waals surface area contributed by atoms with E-state index in [1.54, 1.807) is 30.3 Å². The molecule has 1 aliphatic heterocycles. The van der Waals surface area contributed by atoms with E-state index in [0.29, 0.717) is 47.5 Å². The first kappa shape index (κ1) is 25.9. The summed E-state index contributed by atoms with van der Waals surface area (Å²) in [5, 5.41) is 0.359. The third kappa shape index (κ3) is 4.91. The summed E-state index contributed by atoms with van der Waals surface area (Å²) in [6.45, 7) is 8.15. The molecule has 0 radical (unpaired) electrons.